The van der Waals surface area contributed by atoms with Crippen LogP contribution in [0.2, 0.25) is 0 Å². The molecule has 0 fully saturated rings. The van der Waals surface area contributed by atoms with Crippen LogP contribution in [0.15, 0.2) is 46.7 Å². The molecule has 8 heteroatoms. The maximum atomic E-state index is 11.7. The van der Waals surface area contributed by atoms with Gasteiger partial charge < -0.3 is 5.32 Å². The van der Waals surface area contributed by atoms with Gasteiger partial charge in [0, 0.05) is 10.4 Å². The molecule has 1 amide bonds. The third-order valence-electron chi connectivity index (χ3n) is 2.35. The Morgan fingerprint density at radius 3 is 2.35 bits per heavy atom. The highest BCUT2D eigenvalue weighted by Gasteiger charge is 2.13. The van der Waals surface area contributed by atoms with Crippen LogP contribution < -0.4 is 5.32 Å². The van der Waals surface area contributed by atoms with E-state index in [0.717, 1.165) is 11.3 Å². The second kappa shape index (κ2) is 6.85. The van der Waals surface area contributed by atoms with Crippen LogP contribution >= 0.6 is 23.7 Å². The van der Waals surface area contributed by atoms with Crippen molar-refractivity contribution in [3.8, 4) is 0 Å². The van der Waals surface area contributed by atoms with Gasteiger partial charge in [0.1, 0.15) is 4.21 Å². The molecule has 2 rings (SSSR count). The lowest BCUT2D eigenvalue weighted by Gasteiger charge is -2.02. The number of rotatable bonds is 4. The number of carbonyl (C=O) groups excluding carboxylic acids is 1. The topological polar surface area (TPSA) is 83.5 Å². The highest BCUT2D eigenvalue weighted by molar-refractivity contribution is 7.88. The van der Waals surface area contributed by atoms with Gasteiger partial charge in [-0.25, -0.2) is 0 Å². The Kier molecular flexibility index (Phi) is 5.70. The molecule has 1 aromatic heterocycles. The second-order valence-corrected chi connectivity index (χ2v) is 6.56. The standard InChI is InChI=1S/C12H11NO4S2.ClH/c14-12(9-4-2-1-3-5-9)13-8-10-6-7-11(18-10)19(15,16)17;/h1-7H,8H2,(H,13,14)(H,15,16,17);1H. The van der Waals surface area contributed by atoms with Crippen LogP contribution in [0, 0.1) is 0 Å². The molecule has 0 atom stereocenters. The summed E-state index contributed by atoms with van der Waals surface area (Å²) in [4.78, 5) is 12.4. The third kappa shape index (κ3) is 4.31. The molecular weight excluding hydrogens is 322 g/mol. The van der Waals surface area contributed by atoms with Crippen molar-refractivity contribution in [3.05, 3.63) is 52.9 Å². The van der Waals surface area contributed by atoms with Crippen LogP contribution in [0.3, 0.4) is 0 Å². The quantitative estimate of drug-likeness (QED) is 0.841. The van der Waals surface area contributed by atoms with E-state index >= 15 is 0 Å². The summed E-state index contributed by atoms with van der Waals surface area (Å²) in [6.07, 6.45) is 0. The lowest BCUT2D eigenvalue weighted by molar-refractivity contribution is 0.0951. The number of nitrogens with one attached hydrogen (secondary N) is 1. The normalized spacial score (nSPS) is 10.7. The van der Waals surface area contributed by atoms with E-state index in [-0.39, 0.29) is 29.1 Å². The molecule has 2 aromatic rings. The summed E-state index contributed by atoms with van der Waals surface area (Å²) in [5, 5.41) is 2.68. The zero-order chi connectivity index (χ0) is 13.9. The zero-order valence-corrected chi connectivity index (χ0v) is 12.6. The first kappa shape index (κ1) is 16.6. The molecule has 108 valence electrons. The van der Waals surface area contributed by atoms with Gasteiger partial charge in [-0.05, 0) is 24.3 Å². The van der Waals surface area contributed by atoms with E-state index < -0.39 is 10.1 Å². The van der Waals surface area contributed by atoms with Gasteiger partial charge in [-0.2, -0.15) is 8.42 Å². The number of hydrogen-bond donors (Lipinski definition) is 2. The molecule has 0 aliphatic carbocycles. The fraction of sp³-hybridized carbons (Fsp3) is 0.0833. The molecule has 0 bridgehead atoms. The molecule has 0 radical (unpaired) electrons. The number of thiophene rings is 1. The fourth-order valence-electron chi connectivity index (χ4n) is 1.45. The minimum atomic E-state index is -4.17. The van der Waals surface area contributed by atoms with Crippen molar-refractivity contribution in [2.75, 3.05) is 0 Å². The van der Waals surface area contributed by atoms with E-state index in [1.165, 1.54) is 6.07 Å². The van der Waals surface area contributed by atoms with Gasteiger partial charge in [0.25, 0.3) is 5.91 Å². The van der Waals surface area contributed by atoms with Crippen LogP contribution in [-0.2, 0) is 16.7 Å². The summed E-state index contributed by atoms with van der Waals surface area (Å²) in [6.45, 7) is 0.216. The van der Waals surface area contributed by atoms with Gasteiger partial charge in [0.15, 0.2) is 0 Å². The van der Waals surface area contributed by atoms with E-state index in [9.17, 15) is 13.2 Å². The van der Waals surface area contributed by atoms with Gasteiger partial charge in [-0.15, -0.1) is 23.7 Å². The molecule has 5 nitrogen and oxygen atoms in total. The lowest BCUT2D eigenvalue weighted by Crippen LogP contribution is -2.22. The van der Waals surface area contributed by atoms with Gasteiger partial charge >= 0.3 is 10.1 Å². The SMILES string of the molecule is Cl.O=C(NCc1ccc(S(=O)(=O)O)s1)c1ccccc1. The van der Waals surface area contributed by atoms with Crippen molar-refractivity contribution in [2.45, 2.75) is 10.8 Å². The summed E-state index contributed by atoms with van der Waals surface area (Å²) >= 11 is 0.924. The largest absolute Gasteiger partial charge is 0.347 e. The summed E-state index contributed by atoms with van der Waals surface area (Å²) in [5.74, 6) is -0.234. The molecular formula is C12H12ClNO4S2. The second-order valence-electron chi connectivity index (χ2n) is 3.74. The first-order valence-electron chi connectivity index (χ1n) is 5.36. The van der Waals surface area contributed by atoms with Crippen LogP contribution in [-0.4, -0.2) is 18.9 Å². The van der Waals surface area contributed by atoms with Gasteiger partial charge in [-0.3, -0.25) is 9.35 Å². The highest BCUT2D eigenvalue weighted by atomic mass is 35.5. The number of halogens is 1. The highest BCUT2D eigenvalue weighted by Crippen LogP contribution is 2.21. The lowest BCUT2D eigenvalue weighted by atomic mass is 10.2. The fourth-order valence-corrected chi connectivity index (χ4v) is 3.11. The average molecular weight is 334 g/mol. The minimum absolute atomic E-state index is 0. The molecule has 0 aliphatic rings. The monoisotopic (exact) mass is 333 g/mol. The van der Waals surface area contributed by atoms with Crippen molar-refractivity contribution >= 4 is 39.8 Å². The van der Waals surface area contributed by atoms with E-state index in [1.807, 2.05) is 6.07 Å². The maximum absolute atomic E-state index is 11.7. The van der Waals surface area contributed by atoms with Gasteiger partial charge in [0.2, 0.25) is 0 Å². The Morgan fingerprint density at radius 1 is 1.15 bits per heavy atom. The van der Waals surface area contributed by atoms with Crippen LogP contribution in [0.25, 0.3) is 0 Å². The van der Waals surface area contributed by atoms with E-state index in [2.05, 4.69) is 5.32 Å². The molecule has 0 saturated carbocycles. The average Bonchev–Trinajstić information content (AvgIpc) is 2.86. The zero-order valence-electron chi connectivity index (χ0n) is 10.1. The summed E-state index contributed by atoms with van der Waals surface area (Å²) in [6, 6.07) is 11.6. The Labute approximate surface area is 126 Å². The van der Waals surface area contributed by atoms with Crippen molar-refractivity contribution < 1.29 is 17.8 Å². The van der Waals surface area contributed by atoms with Crippen molar-refractivity contribution in [2.24, 2.45) is 0 Å². The summed E-state index contributed by atoms with van der Waals surface area (Å²) in [7, 11) is -4.17. The predicted octanol–water partition coefficient (Wildman–Crippen LogP) is 2.35. The van der Waals surface area contributed by atoms with Crippen LogP contribution in [0.1, 0.15) is 15.2 Å². The summed E-state index contributed by atoms with van der Waals surface area (Å²) < 4.78 is 30.5. The number of carbonyl (C=O) groups is 1. The van der Waals surface area contributed by atoms with Gasteiger partial charge in [0.05, 0.1) is 6.54 Å². The number of amides is 1. The Morgan fingerprint density at radius 2 is 1.80 bits per heavy atom. The molecule has 0 saturated heterocycles. The van der Waals surface area contributed by atoms with Crippen LogP contribution in [0.4, 0.5) is 0 Å². The maximum Gasteiger partial charge on any atom is 0.304 e. The number of benzene rings is 1. The smallest absolute Gasteiger partial charge is 0.304 e. The van der Waals surface area contributed by atoms with E-state index in [1.54, 1.807) is 30.3 Å². The molecule has 2 N–H and O–H groups in total. The molecule has 0 unspecified atom stereocenters. The number of hydrogen-bond acceptors (Lipinski definition) is 4. The van der Waals surface area contributed by atoms with Crippen molar-refractivity contribution in [3.63, 3.8) is 0 Å². The molecule has 1 aromatic carbocycles. The van der Waals surface area contributed by atoms with E-state index in [4.69, 9.17) is 4.55 Å². The molecule has 0 spiro atoms. The van der Waals surface area contributed by atoms with Gasteiger partial charge in [-0.1, -0.05) is 18.2 Å². The minimum Gasteiger partial charge on any atom is -0.347 e. The van der Waals surface area contributed by atoms with E-state index in [0.29, 0.717) is 10.4 Å². The molecule has 20 heavy (non-hydrogen) atoms. The van der Waals surface area contributed by atoms with Crippen molar-refractivity contribution in [1.29, 1.82) is 0 Å². The predicted molar refractivity (Wildman–Crippen MR) is 79.0 cm³/mol. The van der Waals surface area contributed by atoms with Crippen LogP contribution in [0.5, 0.6) is 0 Å². The van der Waals surface area contributed by atoms with Crippen molar-refractivity contribution in [1.82, 2.24) is 5.32 Å². The third-order valence-corrected chi connectivity index (χ3v) is 4.76. The molecule has 0 aliphatic heterocycles. The Hall–Kier alpha value is -1.41. The Bertz CT molecular complexity index is 682. The molecule has 1 heterocycles. The first-order chi connectivity index (χ1) is 8.97. The summed E-state index contributed by atoms with van der Waals surface area (Å²) in [5.41, 5.74) is 0.536. The first-order valence-corrected chi connectivity index (χ1v) is 7.62. The Balaban J connectivity index is 0.00000200.